The van der Waals surface area contributed by atoms with Crippen LogP contribution in [0.25, 0.3) is 100 Å². The molecule has 0 saturated heterocycles. The molecule has 0 N–H and O–H groups in total. The SMILES string of the molecule is c1ccc(-c2cc(-c3ccccc3)cc(-c3cc(-c4cc(-c5ccccc5)cc(-c5ccccc5)c4)cc(-c4cc(-c5ccccc5)nc(-c5ccccc5)c4)c3)c2)cc1. The molecule has 0 unspecified atom stereocenters. The second-order valence-corrected chi connectivity index (χ2v) is 15.2. The van der Waals surface area contributed by atoms with Gasteiger partial charge in [0.15, 0.2) is 0 Å². The third-order valence-corrected chi connectivity index (χ3v) is 11.2. The van der Waals surface area contributed by atoms with Crippen LogP contribution in [-0.2, 0) is 0 Å². The summed E-state index contributed by atoms with van der Waals surface area (Å²) in [6.07, 6.45) is 0. The molecule has 0 saturated carbocycles. The van der Waals surface area contributed by atoms with Crippen LogP contribution >= 0.6 is 0 Å². The number of hydrogen-bond acceptors (Lipinski definition) is 1. The Labute approximate surface area is 352 Å². The highest BCUT2D eigenvalue weighted by atomic mass is 14.7. The molecule has 1 aromatic heterocycles. The minimum Gasteiger partial charge on any atom is -0.248 e. The highest BCUT2D eigenvalue weighted by molar-refractivity contribution is 5.89. The van der Waals surface area contributed by atoms with Crippen LogP contribution in [0, 0.1) is 0 Å². The van der Waals surface area contributed by atoms with Gasteiger partial charge in [0, 0.05) is 11.1 Å². The average molecular weight is 764 g/mol. The first-order valence-corrected chi connectivity index (χ1v) is 20.5. The third-order valence-electron chi connectivity index (χ3n) is 11.2. The van der Waals surface area contributed by atoms with Crippen LogP contribution in [0.1, 0.15) is 0 Å². The summed E-state index contributed by atoms with van der Waals surface area (Å²) in [6.45, 7) is 0. The van der Waals surface area contributed by atoms with Gasteiger partial charge < -0.3 is 0 Å². The molecule has 0 atom stereocenters. The van der Waals surface area contributed by atoms with Gasteiger partial charge in [-0.2, -0.15) is 0 Å². The first-order chi connectivity index (χ1) is 29.7. The smallest absolute Gasteiger partial charge is 0.0715 e. The van der Waals surface area contributed by atoms with Crippen LogP contribution < -0.4 is 0 Å². The summed E-state index contributed by atoms with van der Waals surface area (Å²) in [6, 6.07) is 89.4. The van der Waals surface area contributed by atoms with Crippen LogP contribution in [0.3, 0.4) is 0 Å². The number of benzene rings is 9. The van der Waals surface area contributed by atoms with Crippen molar-refractivity contribution in [2.45, 2.75) is 0 Å². The summed E-state index contributed by atoms with van der Waals surface area (Å²) < 4.78 is 0. The molecule has 1 nitrogen and oxygen atoms in total. The Morgan fingerprint density at radius 2 is 0.317 bits per heavy atom. The Morgan fingerprint density at radius 3 is 0.533 bits per heavy atom. The number of rotatable bonds is 9. The second-order valence-electron chi connectivity index (χ2n) is 15.2. The van der Waals surface area contributed by atoms with Crippen LogP contribution in [0.15, 0.2) is 249 Å². The molecule has 0 aliphatic rings. The van der Waals surface area contributed by atoms with E-state index in [1.54, 1.807) is 0 Å². The van der Waals surface area contributed by atoms with Crippen molar-refractivity contribution in [2.75, 3.05) is 0 Å². The van der Waals surface area contributed by atoms with Gasteiger partial charge in [0.25, 0.3) is 0 Å². The van der Waals surface area contributed by atoms with Crippen molar-refractivity contribution >= 4 is 0 Å². The van der Waals surface area contributed by atoms with Crippen molar-refractivity contribution < 1.29 is 0 Å². The van der Waals surface area contributed by atoms with Gasteiger partial charge in [-0.15, -0.1) is 0 Å². The van der Waals surface area contributed by atoms with Crippen molar-refractivity contribution in [1.29, 1.82) is 0 Å². The summed E-state index contributed by atoms with van der Waals surface area (Å²) in [4.78, 5) is 5.24. The fourth-order valence-corrected chi connectivity index (χ4v) is 8.12. The fraction of sp³-hybridized carbons (Fsp3) is 0. The Kier molecular flexibility index (Phi) is 10.1. The largest absolute Gasteiger partial charge is 0.248 e. The van der Waals surface area contributed by atoms with Gasteiger partial charge in [-0.1, -0.05) is 182 Å². The van der Waals surface area contributed by atoms with E-state index in [1.807, 2.05) is 0 Å². The Hall–Kier alpha value is -7.87. The maximum Gasteiger partial charge on any atom is 0.0715 e. The van der Waals surface area contributed by atoms with Gasteiger partial charge in [0.05, 0.1) is 11.4 Å². The lowest BCUT2D eigenvalue weighted by Gasteiger charge is -2.17. The number of hydrogen-bond donors (Lipinski definition) is 0. The van der Waals surface area contributed by atoms with Crippen molar-refractivity contribution in [3.8, 4) is 100 Å². The first kappa shape index (κ1) is 36.5. The van der Waals surface area contributed by atoms with Crippen molar-refractivity contribution in [2.24, 2.45) is 0 Å². The molecule has 0 spiro atoms. The number of nitrogens with zero attached hydrogens (tertiary/aromatic N) is 1. The van der Waals surface area contributed by atoms with E-state index in [1.165, 1.54) is 44.5 Å². The van der Waals surface area contributed by atoms with Gasteiger partial charge in [0.1, 0.15) is 0 Å². The monoisotopic (exact) mass is 763 g/mol. The summed E-state index contributed by atoms with van der Waals surface area (Å²) in [7, 11) is 0. The molecule has 0 bridgehead atoms. The lowest BCUT2D eigenvalue weighted by Crippen LogP contribution is -1.93. The van der Waals surface area contributed by atoms with Gasteiger partial charge in [0.2, 0.25) is 0 Å². The molecule has 0 fully saturated rings. The standard InChI is InChI=1S/C59H41N/c1-7-19-42(20-8-1)48-31-49(43-21-9-2-10-22-43)34-52(33-48)54-37-55(53-35-50(44-23-11-3-12-24-44)32-51(36-53)45-25-13-4-14-26-45)39-56(38-54)57-40-58(46-27-15-5-16-28-46)60-59(41-57)47-29-17-6-18-30-47/h1-41H. The van der Waals surface area contributed by atoms with Crippen molar-refractivity contribution in [3.63, 3.8) is 0 Å². The lowest BCUT2D eigenvalue weighted by atomic mass is 9.88. The van der Waals surface area contributed by atoms with E-state index in [4.69, 9.17) is 4.98 Å². The highest BCUT2D eigenvalue weighted by Gasteiger charge is 2.16. The van der Waals surface area contributed by atoms with Gasteiger partial charge >= 0.3 is 0 Å². The molecule has 1 heterocycles. The topological polar surface area (TPSA) is 12.9 Å². The predicted molar refractivity (Wildman–Crippen MR) is 253 cm³/mol. The van der Waals surface area contributed by atoms with Crippen LogP contribution in [0.2, 0.25) is 0 Å². The number of aromatic nitrogens is 1. The maximum absolute atomic E-state index is 5.24. The van der Waals surface area contributed by atoms with Crippen molar-refractivity contribution in [3.05, 3.63) is 249 Å². The zero-order valence-corrected chi connectivity index (χ0v) is 33.1. The van der Waals surface area contributed by atoms with Crippen LogP contribution in [-0.4, -0.2) is 4.98 Å². The van der Waals surface area contributed by atoms with E-state index in [0.717, 1.165) is 55.9 Å². The molecular weight excluding hydrogens is 723 g/mol. The Bertz CT molecular complexity index is 2510. The van der Waals surface area contributed by atoms with Crippen LogP contribution in [0.4, 0.5) is 0 Å². The average Bonchev–Trinajstić information content (AvgIpc) is 3.35. The van der Waals surface area contributed by atoms with E-state index in [0.29, 0.717) is 0 Å². The van der Waals surface area contributed by atoms with E-state index < -0.39 is 0 Å². The first-order valence-electron chi connectivity index (χ1n) is 20.5. The van der Waals surface area contributed by atoms with Crippen LogP contribution in [0.5, 0.6) is 0 Å². The highest BCUT2D eigenvalue weighted by Crippen LogP contribution is 2.41. The minimum absolute atomic E-state index is 0.939. The molecule has 10 aromatic rings. The molecule has 0 radical (unpaired) electrons. The summed E-state index contributed by atoms with van der Waals surface area (Å²) in [5.41, 5.74) is 20.3. The second kappa shape index (κ2) is 16.5. The molecular formula is C59H41N. The maximum atomic E-state index is 5.24. The third kappa shape index (κ3) is 7.85. The fourth-order valence-electron chi connectivity index (χ4n) is 8.12. The lowest BCUT2D eigenvalue weighted by molar-refractivity contribution is 1.32. The van der Waals surface area contributed by atoms with Gasteiger partial charge in [-0.25, -0.2) is 4.98 Å². The van der Waals surface area contributed by atoms with Gasteiger partial charge in [-0.3, -0.25) is 0 Å². The Balaban J connectivity index is 1.24. The van der Waals surface area contributed by atoms with Crippen molar-refractivity contribution in [1.82, 2.24) is 4.98 Å². The molecule has 0 aliphatic carbocycles. The molecule has 0 aliphatic heterocycles. The molecule has 9 aromatic carbocycles. The normalized spacial score (nSPS) is 11.0. The van der Waals surface area contributed by atoms with E-state index >= 15 is 0 Å². The summed E-state index contributed by atoms with van der Waals surface area (Å²) in [5, 5.41) is 0. The van der Waals surface area contributed by atoms with Gasteiger partial charge in [-0.05, 0) is 145 Å². The minimum atomic E-state index is 0.939. The quantitative estimate of drug-likeness (QED) is 0.143. The molecule has 0 amide bonds. The zero-order valence-electron chi connectivity index (χ0n) is 33.1. The summed E-state index contributed by atoms with van der Waals surface area (Å²) >= 11 is 0. The Morgan fingerprint density at radius 1 is 0.150 bits per heavy atom. The zero-order chi connectivity index (χ0) is 40.1. The summed E-state index contributed by atoms with van der Waals surface area (Å²) in [5.74, 6) is 0. The molecule has 282 valence electrons. The number of pyridine rings is 1. The predicted octanol–water partition coefficient (Wildman–Crippen LogP) is 16.1. The molecule has 1 heteroatoms. The van der Waals surface area contributed by atoms with E-state index in [-0.39, 0.29) is 0 Å². The molecule has 10 rings (SSSR count). The molecule has 60 heavy (non-hydrogen) atoms. The van der Waals surface area contributed by atoms with E-state index in [2.05, 4.69) is 249 Å². The van der Waals surface area contributed by atoms with E-state index in [9.17, 15) is 0 Å².